The summed E-state index contributed by atoms with van der Waals surface area (Å²) in [4.78, 5) is 24.0. The van der Waals surface area contributed by atoms with Gasteiger partial charge < -0.3 is 10.6 Å². The molecular formula is C16H24N2O2. The molecule has 0 saturated carbocycles. The van der Waals surface area contributed by atoms with Crippen LogP contribution in [0.1, 0.15) is 40.2 Å². The molecule has 0 fully saturated rings. The molecule has 0 radical (unpaired) electrons. The summed E-state index contributed by atoms with van der Waals surface area (Å²) in [6, 6.07) is 7.11. The third-order valence-corrected chi connectivity index (χ3v) is 3.08. The Balaban J connectivity index is 2.69. The van der Waals surface area contributed by atoms with Crippen LogP contribution >= 0.6 is 0 Å². The number of amides is 2. The monoisotopic (exact) mass is 276 g/mol. The van der Waals surface area contributed by atoms with Gasteiger partial charge in [-0.15, -0.1) is 0 Å². The summed E-state index contributed by atoms with van der Waals surface area (Å²) in [5.74, 6) is -0.340. The molecule has 1 aromatic carbocycles. The van der Waals surface area contributed by atoms with Crippen LogP contribution < -0.4 is 10.6 Å². The van der Waals surface area contributed by atoms with E-state index in [1.54, 1.807) is 6.92 Å². The van der Waals surface area contributed by atoms with Gasteiger partial charge in [0, 0.05) is 11.1 Å². The van der Waals surface area contributed by atoms with Crippen LogP contribution in [-0.4, -0.2) is 17.9 Å². The maximum absolute atomic E-state index is 12.1. The van der Waals surface area contributed by atoms with Gasteiger partial charge in [0.1, 0.15) is 6.04 Å². The molecule has 2 N–H and O–H groups in total. The molecule has 1 rings (SSSR count). The highest BCUT2D eigenvalue weighted by Crippen LogP contribution is 2.16. The van der Waals surface area contributed by atoms with Crippen molar-refractivity contribution >= 4 is 17.5 Å². The lowest BCUT2D eigenvalue weighted by molar-refractivity contribution is -0.131. The van der Waals surface area contributed by atoms with Crippen LogP contribution in [0.5, 0.6) is 0 Å². The molecule has 4 nitrogen and oxygen atoms in total. The number of nitrogens with one attached hydrogen (secondary N) is 2. The Morgan fingerprint density at radius 1 is 1.20 bits per heavy atom. The van der Waals surface area contributed by atoms with Crippen molar-refractivity contribution in [2.45, 2.75) is 47.1 Å². The largest absolute Gasteiger partial charge is 0.344 e. The van der Waals surface area contributed by atoms with Gasteiger partial charge in [0.2, 0.25) is 11.8 Å². The van der Waals surface area contributed by atoms with Gasteiger partial charge in [-0.1, -0.05) is 45.9 Å². The smallest absolute Gasteiger partial charge is 0.246 e. The zero-order valence-electron chi connectivity index (χ0n) is 12.9. The zero-order chi connectivity index (χ0) is 15.3. The van der Waals surface area contributed by atoms with Crippen molar-refractivity contribution in [3.63, 3.8) is 0 Å². The molecule has 4 heteroatoms. The molecule has 1 unspecified atom stereocenters. The van der Waals surface area contributed by atoms with Gasteiger partial charge in [0.05, 0.1) is 0 Å². The Hall–Kier alpha value is -1.84. The van der Waals surface area contributed by atoms with E-state index in [4.69, 9.17) is 0 Å². The summed E-state index contributed by atoms with van der Waals surface area (Å²) >= 11 is 0. The minimum absolute atomic E-state index is 0.135. The van der Waals surface area contributed by atoms with E-state index in [0.717, 1.165) is 17.7 Å². The van der Waals surface area contributed by atoms with Crippen LogP contribution in [0, 0.1) is 5.41 Å². The Kier molecular flexibility index (Phi) is 5.31. The van der Waals surface area contributed by atoms with Crippen LogP contribution in [0.25, 0.3) is 0 Å². The van der Waals surface area contributed by atoms with Gasteiger partial charge in [-0.2, -0.15) is 0 Å². The molecule has 2 amide bonds. The molecule has 0 spiro atoms. The second kappa shape index (κ2) is 6.55. The van der Waals surface area contributed by atoms with E-state index in [-0.39, 0.29) is 11.8 Å². The fraction of sp³-hybridized carbons (Fsp3) is 0.500. The van der Waals surface area contributed by atoms with E-state index in [1.165, 1.54) is 0 Å². The van der Waals surface area contributed by atoms with Crippen molar-refractivity contribution in [1.82, 2.24) is 5.32 Å². The van der Waals surface area contributed by atoms with Gasteiger partial charge in [-0.05, 0) is 25.0 Å². The molecule has 0 aromatic heterocycles. The van der Waals surface area contributed by atoms with E-state index < -0.39 is 11.5 Å². The molecule has 0 bridgehead atoms. The topological polar surface area (TPSA) is 58.2 Å². The third-order valence-electron chi connectivity index (χ3n) is 3.08. The molecule has 0 saturated heterocycles. The number of anilines is 1. The van der Waals surface area contributed by atoms with Crippen LogP contribution in [0.4, 0.5) is 5.69 Å². The second-order valence-corrected chi connectivity index (χ2v) is 5.95. The lowest BCUT2D eigenvalue weighted by Crippen LogP contribution is -2.46. The molecule has 0 aliphatic heterocycles. The highest BCUT2D eigenvalue weighted by molar-refractivity contribution is 5.98. The first-order valence-electron chi connectivity index (χ1n) is 6.95. The minimum atomic E-state index is -0.563. The molecule has 1 aromatic rings. The number of carbonyl (C=O) groups excluding carboxylic acids is 2. The molecule has 110 valence electrons. The maximum atomic E-state index is 12.1. The summed E-state index contributed by atoms with van der Waals surface area (Å²) in [6.07, 6.45) is 0.846. The SMILES string of the molecule is CCc1ccccc1NC(=O)C(C)NC(=O)C(C)(C)C. The van der Waals surface area contributed by atoms with E-state index in [0.29, 0.717) is 0 Å². The number of hydrogen-bond donors (Lipinski definition) is 2. The molecule has 0 aliphatic carbocycles. The van der Waals surface area contributed by atoms with Crippen molar-refractivity contribution < 1.29 is 9.59 Å². The molecule has 0 aliphatic rings. The van der Waals surface area contributed by atoms with Crippen molar-refractivity contribution in [2.75, 3.05) is 5.32 Å². The van der Waals surface area contributed by atoms with E-state index >= 15 is 0 Å². The first kappa shape index (κ1) is 16.2. The van der Waals surface area contributed by atoms with E-state index in [2.05, 4.69) is 10.6 Å². The number of para-hydroxylation sites is 1. The number of hydrogen-bond acceptors (Lipinski definition) is 2. The van der Waals surface area contributed by atoms with E-state index in [9.17, 15) is 9.59 Å². The van der Waals surface area contributed by atoms with Gasteiger partial charge >= 0.3 is 0 Å². The predicted molar refractivity (Wildman–Crippen MR) is 81.5 cm³/mol. The lowest BCUT2D eigenvalue weighted by Gasteiger charge is -2.21. The van der Waals surface area contributed by atoms with Crippen molar-refractivity contribution in [3.05, 3.63) is 29.8 Å². The van der Waals surface area contributed by atoms with Crippen molar-refractivity contribution in [3.8, 4) is 0 Å². The van der Waals surface area contributed by atoms with Crippen LogP contribution in [0.15, 0.2) is 24.3 Å². The predicted octanol–water partition coefficient (Wildman–Crippen LogP) is 2.74. The molecular weight excluding hydrogens is 252 g/mol. The highest BCUT2D eigenvalue weighted by Gasteiger charge is 2.25. The molecule has 0 heterocycles. The summed E-state index contributed by atoms with van der Waals surface area (Å²) in [5.41, 5.74) is 1.38. The van der Waals surface area contributed by atoms with Crippen molar-refractivity contribution in [1.29, 1.82) is 0 Å². The third kappa shape index (κ3) is 4.37. The average molecular weight is 276 g/mol. The summed E-state index contributed by atoms with van der Waals surface area (Å²) in [6.45, 7) is 9.18. The Morgan fingerprint density at radius 3 is 2.35 bits per heavy atom. The van der Waals surface area contributed by atoms with Crippen LogP contribution in [-0.2, 0) is 16.0 Å². The molecule has 1 atom stereocenters. The fourth-order valence-corrected chi connectivity index (χ4v) is 1.67. The minimum Gasteiger partial charge on any atom is -0.344 e. The average Bonchev–Trinajstić information content (AvgIpc) is 2.38. The quantitative estimate of drug-likeness (QED) is 0.888. The second-order valence-electron chi connectivity index (χ2n) is 5.95. The van der Waals surface area contributed by atoms with Gasteiger partial charge in [0.25, 0.3) is 0 Å². The Bertz CT molecular complexity index is 489. The Morgan fingerprint density at radius 2 is 1.80 bits per heavy atom. The van der Waals surface area contributed by atoms with Crippen LogP contribution in [0.3, 0.4) is 0 Å². The number of benzene rings is 1. The zero-order valence-corrected chi connectivity index (χ0v) is 12.9. The normalized spacial score (nSPS) is 12.7. The number of aryl methyl sites for hydroxylation is 1. The van der Waals surface area contributed by atoms with Gasteiger partial charge in [0.15, 0.2) is 0 Å². The highest BCUT2D eigenvalue weighted by atomic mass is 16.2. The van der Waals surface area contributed by atoms with Gasteiger partial charge in [-0.25, -0.2) is 0 Å². The summed E-state index contributed by atoms with van der Waals surface area (Å²) in [5, 5.41) is 5.59. The van der Waals surface area contributed by atoms with Gasteiger partial charge in [-0.3, -0.25) is 9.59 Å². The summed E-state index contributed by atoms with van der Waals surface area (Å²) < 4.78 is 0. The fourth-order valence-electron chi connectivity index (χ4n) is 1.67. The van der Waals surface area contributed by atoms with Crippen LogP contribution in [0.2, 0.25) is 0 Å². The molecule has 20 heavy (non-hydrogen) atoms. The first-order chi connectivity index (χ1) is 9.25. The lowest BCUT2D eigenvalue weighted by atomic mass is 9.95. The Labute approximate surface area is 121 Å². The standard InChI is InChI=1S/C16H24N2O2/c1-6-12-9-7-8-10-13(12)18-14(19)11(2)17-15(20)16(3,4)5/h7-11H,6H2,1-5H3,(H,17,20)(H,18,19). The maximum Gasteiger partial charge on any atom is 0.246 e. The number of rotatable bonds is 4. The first-order valence-corrected chi connectivity index (χ1v) is 6.95. The van der Waals surface area contributed by atoms with E-state index in [1.807, 2.05) is 52.0 Å². The summed E-state index contributed by atoms with van der Waals surface area (Å²) in [7, 11) is 0. The number of carbonyl (C=O) groups is 2. The van der Waals surface area contributed by atoms with Crippen molar-refractivity contribution in [2.24, 2.45) is 5.41 Å².